The number of hydrogen-bond acceptors (Lipinski definition) is 4. The molecule has 1 aromatic carbocycles. The molecule has 7 nitrogen and oxygen atoms in total. The lowest BCUT2D eigenvalue weighted by atomic mass is 10.0. The fraction of sp³-hybridized carbons (Fsp3) is 0.450. The molecule has 0 aliphatic carbocycles. The lowest BCUT2D eigenvalue weighted by Crippen LogP contribution is -2.48. The van der Waals surface area contributed by atoms with E-state index in [4.69, 9.17) is 0 Å². The van der Waals surface area contributed by atoms with Crippen LogP contribution in [0.5, 0.6) is 0 Å². The Kier molecular flexibility index (Phi) is 5.78. The van der Waals surface area contributed by atoms with Crippen LogP contribution < -0.4 is 15.5 Å². The van der Waals surface area contributed by atoms with E-state index < -0.39 is 0 Å². The number of carbonyl (C=O) groups is 2. The summed E-state index contributed by atoms with van der Waals surface area (Å²) in [6.45, 7) is 5.24. The zero-order valence-electron chi connectivity index (χ0n) is 16.2. The highest BCUT2D eigenvalue weighted by Gasteiger charge is 2.23. The second-order valence-corrected chi connectivity index (χ2v) is 7.18. The Morgan fingerprint density at radius 2 is 2.00 bits per heavy atom. The summed E-state index contributed by atoms with van der Waals surface area (Å²) in [5.74, 6) is 1.02. The molecule has 3 rings (SSSR count). The highest BCUT2D eigenvalue weighted by molar-refractivity contribution is 5.88. The number of aryl methyl sites for hydroxylation is 2. The van der Waals surface area contributed by atoms with Gasteiger partial charge in [-0.25, -0.2) is 0 Å². The number of nitrogens with zero attached hydrogens (tertiary/aromatic N) is 3. The number of aromatic nitrogens is 2. The van der Waals surface area contributed by atoms with Gasteiger partial charge >= 0.3 is 0 Å². The van der Waals surface area contributed by atoms with E-state index in [1.807, 2.05) is 42.9 Å². The molecule has 1 aromatic heterocycles. The predicted molar refractivity (Wildman–Crippen MR) is 106 cm³/mol. The van der Waals surface area contributed by atoms with Crippen LogP contribution in [0.1, 0.15) is 31.0 Å². The maximum atomic E-state index is 12.4. The molecule has 2 heterocycles. The number of amides is 2. The van der Waals surface area contributed by atoms with Crippen molar-refractivity contribution in [3.8, 4) is 0 Å². The first-order valence-electron chi connectivity index (χ1n) is 9.32. The van der Waals surface area contributed by atoms with Crippen LogP contribution in [0.2, 0.25) is 0 Å². The quantitative estimate of drug-likeness (QED) is 0.845. The minimum Gasteiger partial charge on any atom is -0.355 e. The standard InChI is InChI=1S/C20H27N5O2/c1-14-11-20(24(3)23-14)25-10-4-5-18(13-25)22-19(27)12-16-6-8-17(9-7-16)21-15(2)26/h6-9,11,18H,4-5,10,12-13H2,1-3H3,(H,21,26)(H,22,27). The van der Waals surface area contributed by atoms with E-state index in [1.54, 1.807) is 0 Å². The Morgan fingerprint density at radius 1 is 1.26 bits per heavy atom. The summed E-state index contributed by atoms with van der Waals surface area (Å²) in [4.78, 5) is 25.8. The van der Waals surface area contributed by atoms with Crippen LogP contribution in [-0.2, 0) is 23.1 Å². The molecule has 1 aliphatic heterocycles. The first-order valence-corrected chi connectivity index (χ1v) is 9.32. The van der Waals surface area contributed by atoms with E-state index in [0.717, 1.165) is 48.7 Å². The van der Waals surface area contributed by atoms with E-state index in [1.165, 1.54) is 6.92 Å². The van der Waals surface area contributed by atoms with E-state index >= 15 is 0 Å². The van der Waals surface area contributed by atoms with Gasteiger partial charge in [-0.1, -0.05) is 12.1 Å². The zero-order valence-corrected chi connectivity index (χ0v) is 16.2. The smallest absolute Gasteiger partial charge is 0.224 e. The third kappa shape index (κ3) is 5.09. The molecule has 2 aromatic rings. The molecular formula is C20H27N5O2. The normalized spacial score (nSPS) is 16.9. The van der Waals surface area contributed by atoms with Crippen LogP contribution in [0.4, 0.5) is 11.5 Å². The molecule has 2 amide bonds. The first-order chi connectivity index (χ1) is 12.9. The molecule has 1 aliphatic rings. The van der Waals surface area contributed by atoms with Gasteiger partial charge in [0.2, 0.25) is 11.8 Å². The summed E-state index contributed by atoms with van der Waals surface area (Å²) in [7, 11) is 1.95. The molecule has 1 atom stereocenters. The van der Waals surface area contributed by atoms with Gasteiger partial charge in [0.15, 0.2) is 0 Å². The lowest BCUT2D eigenvalue weighted by Gasteiger charge is -2.34. The maximum absolute atomic E-state index is 12.4. The highest BCUT2D eigenvalue weighted by atomic mass is 16.2. The fourth-order valence-electron chi connectivity index (χ4n) is 3.57. The molecular weight excluding hydrogens is 342 g/mol. The van der Waals surface area contributed by atoms with Crippen molar-refractivity contribution in [2.24, 2.45) is 7.05 Å². The summed E-state index contributed by atoms with van der Waals surface area (Å²) in [6.07, 6.45) is 2.36. The number of nitrogens with one attached hydrogen (secondary N) is 2. The zero-order chi connectivity index (χ0) is 19.4. The van der Waals surface area contributed by atoms with Crippen LogP contribution in [-0.4, -0.2) is 40.7 Å². The number of benzene rings is 1. The largest absolute Gasteiger partial charge is 0.355 e. The van der Waals surface area contributed by atoms with Gasteiger partial charge < -0.3 is 15.5 Å². The number of piperidine rings is 1. The Labute approximate surface area is 159 Å². The highest BCUT2D eigenvalue weighted by Crippen LogP contribution is 2.20. The first kappa shape index (κ1) is 18.9. The lowest BCUT2D eigenvalue weighted by molar-refractivity contribution is -0.121. The average Bonchev–Trinajstić information content (AvgIpc) is 2.95. The van der Waals surface area contributed by atoms with E-state index in [0.29, 0.717) is 6.42 Å². The Hall–Kier alpha value is -2.83. The van der Waals surface area contributed by atoms with E-state index in [-0.39, 0.29) is 17.9 Å². The van der Waals surface area contributed by atoms with Crippen molar-refractivity contribution >= 4 is 23.3 Å². The topological polar surface area (TPSA) is 79.3 Å². The third-order valence-corrected chi connectivity index (χ3v) is 4.73. The minimum atomic E-state index is -0.106. The molecule has 7 heteroatoms. The van der Waals surface area contributed by atoms with E-state index in [9.17, 15) is 9.59 Å². The fourth-order valence-corrected chi connectivity index (χ4v) is 3.57. The molecule has 27 heavy (non-hydrogen) atoms. The molecule has 1 fully saturated rings. The van der Waals surface area contributed by atoms with Crippen LogP contribution >= 0.6 is 0 Å². The summed E-state index contributed by atoms with van der Waals surface area (Å²) in [5.41, 5.74) is 2.67. The molecule has 0 spiro atoms. The van der Waals surface area contributed by atoms with Gasteiger partial charge in [0.1, 0.15) is 5.82 Å². The summed E-state index contributed by atoms with van der Waals surface area (Å²) < 4.78 is 1.90. The van der Waals surface area contributed by atoms with Crippen molar-refractivity contribution in [2.75, 3.05) is 23.3 Å². The molecule has 2 N–H and O–H groups in total. The SMILES string of the molecule is CC(=O)Nc1ccc(CC(=O)NC2CCCN(c3cc(C)nn3C)C2)cc1. The van der Waals surface area contributed by atoms with Gasteiger partial charge in [-0.05, 0) is 37.5 Å². The Bertz CT molecular complexity index is 812. The summed E-state index contributed by atoms with van der Waals surface area (Å²) in [6, 6.07) is 9.60. The van der Waals surface area contributed by atoms with Crippen LogP contribution in [0.15, 0.2) is 30.3 Å². The van der Waals surface area contributed by atoms with Crippen molar-refractivity contribution in [3.63, 3.8) is 0 Å². The Morgan fingerprint density at radius 3 is 2.63 bits per heavy atom. The monoisotopic (exact) mass is 369 g/mol. The van der Waals surface area contributed by atoms with Crippen LogP contribution in [0, 0.1) is 6.92 Å². The van der Waals surface area contributed by atoms with Crippen molar-refractivity contribution < 1.29 is 9.59 Å². The predicted octanol–water partition coefficient (Wildman–Crippen LogP) is 2.01. The number of rotatable bonds is 5. The van der Waals surface area contributed by atoms with Gasteiger partial charge in [0, 0.05) is 44.9 Å². The second kappa shape index (κ2) is 8.24. The molecule has 1 unspecified atom stereocenters. The van der Waals surface area contributed by atoms with Crippen molar-refractivity contribution in [3.05, 3.63) is 41.6 Å². The summed E-state index contributed by atoms with van der Waals surface area (Å²) >= 11 is 0. The minimum absolute atomic E-state index is 0.0234. The van der Waals surface area contributed by atoms with Gasteiger partial charge in [0.05, 0.1) is 12.1 Å². The van der Waals surface area contributed by atoms with Gasteiger partial charge in [0.25, 0.3) is 0 Å². The van der Waals surface area contributed by atoms with Crippen molar-refractivity contribution in [2.45, 2.75) is 39.2 Å². The van der Waals surface area contributed by atoms with Crippen LogP contribution in [0.3, 0.4) is 0 Å². The van der Waals surface area contributed by atoms with Crippen molar-refractivity contribution in [1.29, 1.82) is 0 Å². The number of carbonyl (C=O) groups excluding carboxylic acids is 2. The Balaban J connectivity index is 1.54. The van der Waals surface area contributed by atoms with Gasteiger partial charge in [-0.15, -0.1) is 0 Å². The third-order valence-electron chi connectivity index (χ3n) is 4.73. The summed E-state index contributed by atoms with van der Waals surface area (Å²) in [5, 5.41) is 10.3. The van der Waals surface area contributed by atoms with Crippen LogP contribution in [0.25, 0.3) is 0 Å². The van der Waals surface area contributed by atoms with Crippen molar-refractivity contribution in [1.82, 2.24) is 15.1 Å². The number of anilines is 2. The van der Waals surface area contributed by atoms with E-state index in [2.05, 4.69) is 26.7 Å². The second-order valence-electron chi connectivity index (χ2n) is 7.18. The molecule has 1 saturated heterocycles. The molecule has 144 valence electrons. The number of hydrogen-bond donors (Lipinski definition) is 2. The molecule has 0 bridgehead atoms. The van der Waals surface area contributed by atoms with Gasteiger partial charge in [-0.3, -0.25) is 14.3 Å². The van der Waals surface area contributed by atoms with Gasteiger partial charge in [-0.2, -0.15) is 5.10 Å². The maximum Gasteiger partial charge on any atom is 0.224 e. The molecule has 0 saturated carbocycles. The molecule has 0 radical (unpaired) electrons. The average molecular weight is 369 g/mol.